The van der Waals surface area contributed by atoms with Crippen LogP contribution >= 0.6 is 0 Å². The molecule has 0 saturated carbocycles. The van der Waals surface area contributed by atoms with E-state index in [-0.39, 0.29) is 0 Å². The summed E-state index contributed by atoms with van der Waals surface area (Å²) in [4.78, 5) is 2.56. The average molecular weight is 342 g/mol. The largest absolute Gasteiger partial charge is 0.497 e. The van der Waals surface area contributed by atoms with Crippen molar-refractivity contribution in [3.63, 3.8) is 0 Å². The maximum Gasteiger partial charge on any atom is 0.133 e. The molecule has 25 heavy (non-hydrogen) atoms. The molecule has 0 aliphatic carbocycles. The van der Waals surface area contributed by atoms with Gasteiger partial charge in [-0.25, -0.2) is 5.43 Å². The molecule has 2 saturated heterocycles. The lowest BCUT2D eigenvalue weighted by molar-refractivity contribution is 0.204. The summed E-state index contributed by atoms with van der Waals surface area (Å²) >= 11 is 0. The van der Waals surface area contributed by atoms with Crippen molar-refractivity contribution in [1.29, 1.82) is 0 Å². The summed E-state index contributed by atoms with van der Waals surface area (Å²) in [6.07, 6.45) is 2.38. The number of ether oxygens (including phenoxy) is 1. The number of hydrazine groups is 1. The van der Waals surface area contributed by atoms with Crippen LogP contribution in [0.25, 0.3) is 0 Å². The zero-order valence-electron chi connectivity index (χ0n) is 14.9. The van der Waals surface area contributed by atoms with Gasteiger partial charge in [0.1, 0.15) is 17.2 Å². The van der Waals surface area contributed by atoms with Crippen molar-refractivity contribution < 1.29 is 9.26 Å². The molecule has 1 aromatic heterocycles. The van der Waals surface area contributed by atoms with E-state index in [9.17, 15) is 0 Å². The number of methoxy groups -OCH3 is 1. The molecule has 2 fully saturated rings. The van der Waals surface area contributed by atoms with E-state index >= 15 is 0 Å². The van der Waals surface area contributed by atoms with E-state index in [0.717, 1.165) is 43.3 Å². The Bertz CT molecular complexity index is 700. The zero-order chi connectivity index (χ0) is 17.2. The number of aryl methyl sites for hydroxylation is 1. The molecule has 0 amide bonds. The first kappa shape index (κ1) is 16.6. The van der Waals surface area contributed by atoms with Gasteiger partial charge in [-0.1, -0.05) is 17.3 Å². The van der Waals surface area contributed by atoms with Crippen LogP contribution in [0.15, 0.2) is 34.9 Å². The fourth-order valence-electron chi connectivity index (χ4n) is 4.10. The van der Waals surface area contributed by atoms with Gasteiger partial charge >= 0.3 is 0 Å². The van der Waals surface area contributed by atoms with Crippen LogP contribution in [0.1, 0.15) is 41.9 Å². The van der Waals surface area contributed by atoms with E-state index in [4.69, 9.17) is 9.26 Å². The van der Waals surface area contributed by atoms with Gasteiger partial charge in [0.05, 0.1) is 19.2 Å². The highest BCUT2D eigenvalue weighted by molar-refractivity contribution is 5.30. The van der Waals surface area contributed by atoms with E-state index in [1.54, 1.807) is 7.11 Å². The molecule has 1 aromatic carbocycles. The standard InChI is InChI=1S/C19H26N4O2/c1-13-10-17(22-25-13)18-4-3-9-23(18)12-15-11-20-21-19(15)14-5-7-16(24-2)8-6-14/h5-8,10,15,18-21H,3-4,9,11-12H2,1-2H3. The van der Waals surface area contributed by atoms with Crippen LogP contribution in [0.4, 0.5) is 0 Å². The Morgan fingerprint density at radius 3 is 2.88 bits per heavy atom. The van der Waals surface area contributed by atoms with Gasteiger partial charge in [-0.15, -0.1) is 0 Å². The number of nitrogens with one attached hydrogen (secondary N) is 2. The van der Waals surface area contributed by atoms with Crippen LogP contribution < -0.4 is 15.6 Å². The number of aromatic nitrogens is 1. The average Bonchev–Trinajstić information content (AvgIpc) is 3.36. The lowest BCUT2D eigenvalue weighted by Crippen LogP contribution is -2.33. The first-order chi connectivity index (χ1) is 12.2. The van der Waals surface area contributed by atoms with E-state index in [1.165, 1.54) is 12.0 Å². The molecule has 2 N–H and O–H groups in total. The molecule has 2 aliphatic heterocycles. The molecule has 6 heteroatoms. The molecule has 3 atom stereocenters. The van der Waals surface area contributed by atoms with Crippen molar-refractivity contribution in [1.82, 2.24) is 20.9 Å². The number of likely N-dealkylation sites (tertiary alicyclic amines) is 1. The Hall–Kier alpha value is -1.89. The molecule has 2 aliphatic rings. The lowest BCUT2D eigenvalue weighted by Gasteiger charge is -2.28. The Morgan fingerprint density at radius 2 is 2.16 bits per heavy atom. The summed E-state index contributed by atoms with van der Waals surface area (Å²) in [7, 11) is 1.70. The highest BCUT2D eigenvalue weighted by Crippen LogP contribution is 2.35. The molecular formula is C19H26N4O2. The van der Waals surface area contributed by atoms with Crippen LogP contribution in [0.5, 0.6) is 5.75 Å². The number of benzene rings is 1. The van der Waals surface area contributed by atoms with E-state index in [0.29, 0.717) is 18.0 Å². The molecule has 4 rings (SSSR count). The van der Waals surface area contributed by atoms with Crippen LogP contribution in [0.2, 0.25) is 0 Å². The summed E-state index contributed by atoms with van der Waals surface area (Å²) in [6, 6.07) is 11.1. The first-order valence-electron chi connectivity index (χ1n) is 9.04. The topological polar surface area (TPSA) is 62.6 Å². The van der Waals surface area contributed by atoms with Gasteiger partial charge < -0.3 is 9.26 Å². The van der Waals surface area contributed by atoms with Crippen LogP contribution in [-0.2, 0) is 0 Å². The van der Waals surface area contributed by atoms with Crippen LogP contribution in [0.3, 0.4) is 0 Å². The summed E-state index contributed by atoms with van der Waals surface area (Å²) < 4.78 is 10.6. The predicted molar refractivity (Wildman–Crippen MR) is 95.2 cm³/mol. The third kappa shape index (κ3) is 3.42. The van der Waals surface area contributed by atoms with Crippen LogP contribution in [-0.4, -0.2) is 36.8 Å². The SMILES string of the molecule is COc1ccc(C2NNCC2CN2CCCC2c2cc(C)on2)cc1. The molecule has 3 unspecified atom stereocenters. The Labute approximate surface area is 148 Å². The highest BCUT2D eigenvalue weighted by atomic mass is 16.5. The minimum absolute atomic E-state index is 0.311. The van der Waals surface area contributed by atoms with E-state index < -0.39 is 0 Å². The third-order valence-corrected chi connectivity index (χ3v) is 5.39. The summed E-state index contributed by atoms with van der Waals surface area (Å²) in [5, 5.41) is 4.26. The van der Waals surface area contributed by atoms with Crippen molar-refractivity contribution in [3.05, 3.63) is 47.3 Å². The Kier molecular flexibility index (Phi) is 4.74. The summed E-state index contributed by atoms with van der Waals surface area (Å²) in [5.41, 5.74) is 9.16. The second kappa shape index (κ2) is 7.15. The number of hydrogen-bond acceptors (Lipinski definition) is 6. The smallest absolute Gasteiger partial charge is 0.133 e. The molecule has 6 nitrogen and oxygen atoms in total. The van der Waals surface area contributed by atoms with Crippen molar-refractivity contribution >= 4 is 0 Å². The van der Waals surface area contributed by atoms with Crippen molar-refractivity contribution in [3.8, 4) is 5.75 Å². The maximum atomic E-state index is 5.29. The predicted octanol–water partition coefficient (Wildman–Crippen LogP) is 2.59. The summed E-state index contributed by atoms with van der Waals surface area (Å²) in [6.45, 7) is 5.10. The number of rotatable bonds is 5. The van der Waals surface area contributed by atoms with E-state index in [2.05, 4.69) is 39.1 Å². The van der Waals surface area contributed by atoms with Gasteiger partial charge in [-0.2, -0.15) is 0 Å². The van der Waals surface area contributed by atoms with Gasteiger partial charge in [0.25, 0.3) is 0 Å². The fourth-order valence-corrected chi connectivity index (χ4v) is 4.10. The van der Waals surface area contributed by atoms with Crippen molar-refractivity contribution in [2.45, 2.75) is 31.8 Å². The minimum Gasteiger partial charge on any atom is -0.497 e. The van der Waals surface area contributed by atoms with Gasteiger partial charge in [0, 0.05) is 25.1 Å². The maximum absolute atomic E-state index is 5.29. The third-order valence-electron chi connectivity index (χ3n) is 5.39. The Morgan fingerprint density at radius 1 is 1.32 bits per heavy atom. The normalized spacial score (nSPS) is 27.0. The molecule has 0 spiro atoms. The molecule has 134 valence electrons. The zero-order valence-corrected chi connectivity index (χ0v) is 14.9. The molecule has 0 bridgehead atoms. The first-order valence-corrected chi connectivity index (χ1v) is 9.04. The van der Waals surface area contributed by atoms with Gasteiger partial charge in [0.2, 0.25) is 0 Å². The number of nitrogens with zero attached hydrogens (tertiary/aromatic N) is 2. The highest BCUT2D eigenvalue weighted by Gasteiger charge is 2.35. The van der Waals surface area contributed by atoms with Gasteiger partial charge in [-0.3, -0.25) is 10.3 Å². The number of hydrogen-bond donors (Lipinski definition) is 2. The second-order valence-corrected chi connectivity index (χ2v) is 7.05. The lowest BCUT2D eigenvalue weighted by atomic mass is 9.94. The van der Waals surface area contributed by atoms with Crippen molar-refractivity contribution in [2.75, 3.05) is 26.7 Å². The fraction of sp³-hybridized carbons (Fsp3) is 0.526. The second-order valence-electron chi connectivity index (χ2n) is 7.05. The van der Waals surface area contributed by atoms with Gasteiger partial charge in [0.15, 0.2) is 0 Å². The molecule has 3 heterocycles. The van der Waals surface area contributed by atoms with E-state index in [1.807, 2.05) is 19.1 Å². The Balaban J connectivity index is 1.46. The molecule has 0 radical (unpaired) electrons. The van der Waals surface area contributed by atoms with Crippen LogP contribution in [0, 0.1) is 12.8 Å². The monoisotopic (exact) mass is 342 g/mol. The molecule has 2 aromatic rings. The summed E-state index contributed by atoms with van der Waals surface area (Å²) in [5.74, 6) is 2.30. The quantitative estimate of drug-likeness (QED) is 0.871. The molecular weight excluding hydrogens is 316 g/mol. The minimum atomic E-state index is 0.311. The van der Waals surface area contributed by atoms with Gasteiger partial charge in [-0.05, 0) is 44.0 Å². The van der Waals surface area contributed by atoms with Crippen molar-refractivity contribution in [2.24, 2.45) is 5.92 Å².